The largest absolute Gasteiger partial charge is 0.482 e. The van der Waals surface area contributed by atoms with E-state index in [-0.39, 0.29) is 23.5 Å². The molecule has 1 aromatic heterocycles. The minimum Gasteiger partial charge on any atom is -0.482 e. The van der Waals surface area contributed by atoms with E-state index in [0.717, 1.165) is 11.1 Å². The predicted octanol–water partition coefficient (Wildman–Crippen LogP) is 2.02. The highest BCUT2D eigenvalue weighted by atomic mass is 16.5. The normalized spacial score (nSPS) is 10.3. The van der Waals surface area contributed by atoms with Crippen LogP contribution in [0.2, 0.25) is 0 Å². The van der Waals surface area contributed by atoms with Gasteiger partial charge in [-0.25, -0.2) is 0 Å². The molecule has 2 aromatic rings. The Bertz CT molecular complexity index is 586. The van der Waals surface area contributed by atoms with Gasteiger partial charge in [-0.15, -0.1) is 0 Å². The number of hydrogen-bond donors (Lipinski definition) is 1. The smallest absolute Gasteiger partial charge is 0.227 e. The number of rotatable bonds is 4. The SMILES string of the molecule is Cc1cccc(COc2coc(CO)cc2=O)c1. The highest BCUT2D eigenvalue weighted by Gasteiger charge is 2.04. The molecular weight excluding hydrogens is 232 g/mol. The number of ether oxygens (including phenoxy) is 1. The third-order valence-corrected chi connectivity index (χ3v) is 2.48. The van der Waals surface area contributed by atoms with E-state index in [1.54, 1.807) is 0 Å². The first kappa shape index (κ1) is 12.4. The summed E-state index contributed by atoms with van der Waals surface area (Å²) in [6.45, 7) is 2.01. The lowest BCUT2D eigenvalue weighted by Crippen LogP contribution is -2.08. The molecule has 0 aliphatic carbocycles. The van der Waals surface area contributed by atoms with Gasteiger partial charge in [-0.3, -0.25) is 4.79 Å². The molecule has 4 heteroatoms. The van der Waals surface area contributed by atoms with Crippen molar-refractivity contribution in [1.82, 2.24) is 0 Å². The van der Waals surface area contributed by atoms with Gasteiger partial charge in [0.25, 0.3) is 0 Å². The van der Waals surface area contributed by atoms with Gasteiger partial charge in [0.1, 0.15) is 25.2 Å². The minimum atomic E-state index is -0.298. The Morgan fingerprint density at radius 2 is 2.17 bits per heavy atom. The van der Waals surface area contributed by atoms with Crippen LogP contribution in [0.15, 0.2) is 45.8 Å². The molecule has 0 aliphatic heterocycles. The molecule has 0 aliphatic rings. The molecule has 1 aromatic carbocycles. The van der Waals surface area contributed by atoms with Crippen molar-refractivity contribution in [3.63, 3.8) is 0 Å². The summed E-state index contributed by atoms with van der Waals surface area (Å²) in [5.74, 6) is 0.372. The first-order chi connectivity index (χ1) is 8.69. The fraction of sp³-hybridized carbons (Fsp3) is 0.214. The van der Waals surface area contributed by atoms with Crippen molar-refractivity contribution in [1.29, 1.82) is 0 Å². The molecule has 94 valence electrons. The first-order valence-corrected chi connectivity index (χ1v) is 5.60. The van der Waals surface area contributed by atoms with Crippen LogP contribution in [-0.4, -0.2) is 5.11 Å². The van der Waals surface area contributed by atoms with Crippen molar-refractivity contribution in [2.45, 2.75) is 20.1 Å². The maximum Gasteiger partial charge on any atom is 0.227 e. The Labute approximate surface area is 104 Å². The van der Waals surface area contributed by atoms with E-state index < -0.39 is 0 Å². The number of aryl methyl sites for hydroxylation is 1. The number of aliphatic hydroxyl groups is 1. The Morgan fingerprint density at radius 3 is 2.83 bits per heavy atom. The van der Waals surface area contributed by atoms with Gasteiger partial charge in [-0.05, 0) is 12.5 Å². The zero-order valence-corrected chi connectivity index (χ0v) is 10.1. The van der Waals surface area contributed by atoms with Crippen molar-refractivity contribution < 1.29 is 14.3 Å². The van der Waals surface area contributed by atoms with Gasteiger partial charge in [0, 0.05) is 6.07 Å². The van der Waals surface area contributed by atoms with Crippen LogP contribution >= 0.6 is 0 Å². The van der Waals surface area contributed by atoms with Crippen LogP contribution in [0.4, 0.5) is 0 Å². The average Bonchev–Trinajstić information content (AvgIpc) is 2.37. The van der Waals surface area contributed by atoms with Crippen LogP contribution in [0.5, 0.6) is 5.75 Å². The summed E-state index contributed by atoms with van der Waals surface area (Å²) in [6.07, 6.45) is 1.23. The van der Waals surface area contributed by atoms with Gasteiger partial charge in [-0.2, -0.15) is 0 Å². The van der Waals surface area contributed by atoms with E-state index in [2.05, 4.69) is 0 Å². The van der Waals surface area contributed by atoms with E-state index in [1.165, 1.54) is 12.3 Å². The number of benzene rings is 1. The van der Waals surface area contributed by atoms with Gasteiger partial charge in [0.15, 0.2) is 0 Å². The molecule has 0 bridgehead atoms. The topological polar surface area (TPSA) is 59.7 Å². The molecule has 1 N–H and O–H groups in total. The second kappa shape index (κ2) is 5.51. The van der Waals surface area contributed by atoms with Crippen LogP contribution in [0.1, 0.15) is 16.9 Å². The Morgan fingerprint density at radius 1 is 1.33 bits per heavy atom. The lowest BCUT2D eigenvalue weighted by atomic mass is 10.1. The molecule has 0 saturated heterocycles. The highest BCUT2D eigenvalue weighted by Crippen LogP contribution is 2.10. The van der Waals surface area contributed by atoms with Crippen molar-refractivity contribution in [3.05, 3.63) is 63.7 Å². The van der Waals surface area contributed by atoms with Crippen molar-refractivity contribution in [2.75, 3.05) is 0 Å². The summed E-state index contributed by atoms with van der Waals surface area (Å²) >= 11 is 0. The van der Waals surface area contributed by atoms with E-state index in [4.69, 9.17) is 14.3 Å². The van der Waals surface area contributed by atoms with Crippen molar-refractivity contribution in [3.8, 4) is 5.75 Å². The molecule has 1 heterocycles. The molecule has 0 spiro atoms. The lowest BCUT2D eigenvalue weighted by Gasteiger charge is -2.06. The van der Waals surface area contributed by atoms with E-state index >= 15 is 0 Å². The van der Waals surface area contributed by atoms with Gasteiger partial charge in [0.05, 0.1) is 0 Å². The van der Waals surface area contributed by atoms with Crippen molar-refractivity contribution in [2.24, 2.45) is 0 Å². The summed E-state index contributed by atoms with van der Waals surface area (Å²) in [5, 5.41) is 8.82. The lowest BCUT2D eigenvalue weighted by molar-refractivity contribution is 0.236. The average molecular weight is 246 g/mol. The fourth-order valence-corrected chi connectivity index (χ4v) is 1.59. The molecule has 0 amide bonds. The maximum atomic E-state index is 11.6. The second-order valence-electron chi connectivity index (χ2n) is 4.01. The van der Waals surface area contributed by atoms with Gasteiger partial charge >= 0.3 is 0 Å². The van der Waals surface area contributed by atoms with Crippen LogP contribution < -0.4 is 10.2 Å². The first-order valence-electron chi connectivity index (χ1n) is 5.60. The van der Waals surface area contributed by atoms with E-state index in [0.29, 0.717) is 6.61 Å². The Kier molecular flexibility index (Phi) is 3.79. The predicted molar refractivity (Wildman–Crippen MR) is 66.4 cm³/mol. The third kappa shape index (κ3) is 2.99. The Hall–Kier alpha value is -2.07. The van der Waals surface area contributed by atoms with Gasteiger partial charge < -0.3 is 14.3 Å². The van der Waals surface area contributed by atoms with Crippen molar-refractivity contribution >= 4 is 0 Å². The molecule has 18 heavy (non-hydrogen) atoms. The number of hydrogen-bond acceptors (Lipinski definition) is 4. The third-order valence-electron chi connectivity index (χ3n) is 2.48. The highest BCUT2D eigenvalue weighted by molar-refractivity contribution is 5.23. The Balaban J connectivity index is 2.09. The van der Waals surface area contributed by atoms with Crippen LogP contribution in [0, 0.1) is 6.92 Å². The molecule has 0 radical (unpaired) electrons. The minimum absolute atomic E-state index is 0.147. The van der Waals surface area contributed by atoms with E-state index in [1.807, 2.05) is 31.2 Å². The van der Waals surface area contributed by atoms with Crippen LogP contribution in [-0.2, 0) is 13.2 Å². The summed E-state index contributed by atoms with van der Waals surface area (Å²) < 4.78 is 10.4. The maximum absolute atomic E-state index is 11.6. The summed E-state index contributed by atoms with van der Waals surface area (Å²) in [6, 6.07) is 9.07. The molecule has 0 saturated carbocycles. The summed E-state index contributed by atoms with van der Waals surface area (Å²) in [7, 11) is 0. The quantitative estimate of drug-likeness (QED) is 0.896. The van der Waals surface area contributed by atoms with E-state index in [9.17, 15) is 4.79 Å². The molecular formula is C14H14O4. The number of aliphatic hydroxyl groups excluding tert-OH is 1. The molecule has 0 atom stereocenters. The summed E-state index contributed by atoms with van der Waals surface area (Å²) in [5.41, 5.74) is 1.83. The van der Waals surface area contributed by atoms with Crippen LogP contribution in [0.3, 0.4) is 0 Å². The zero-order chi connectivity index (χ0) is 13.0. The van der Waals surface area contributed by atoms with Crippen LogP contribution in [0.25, 0.3) is 0 Å². The zero-order valence-electron chi connectivity index (χ0n) is 10.1. The summed E-state index contributed by atoms with van der Waals surface area (Å²) in [4.78, 5) is 11.6. The van der Waals surface area contributed by atoms with Gasteiger partial charge in [0.2, 0.25) is 11.2 Å². The molecule has 0 unspecified atom stereocenters. The molecule has 0 fully saturated rings. The second-order valence-corrected chi connectivity index (χ2v) is 4.01. The molecule has 2 rings (SSSR count). The fourth-order valence-electron chi connectivity index (χ4n) is 1.59. The monoisotopic (exact) mass is 246 g/mol. The van der Waals surface area contributed by atoms with Gasteiger partial charge in [-0.1, -0.05) is 29.8 Å². The molecule has 4 nitrogen and oxygen atoms in total. The standard InChI is InChI=1S/C14H14O4/c1-10-3-2-4-11(5-10)8-18-14-9-17-12(7-15)6-13(14)16/h2-6,9,15H,7-8H2,1H3.